The first-order valence-corrected chi connectivity index (χ1v) is 28.6. The molecule has 8 bridgehead atoms. The van der Waals surface area contributed by atoms with E-state index in [9.17, 15) is 0 Å². The van der Waals surface area contributed by atoms with Gasteiger partial charge >= 0.3 is 0 Å². The Morgan fingerprint density at radius 1 is 0.191 bits per heavy atom. The molecule has 0 aliphatic heterocycles. The van der Waals surface area contributed by atoms with Gasteiger partial charge in [-0.3, -0.25) is 0 Å². The van der Waals surface area contributed by atoms with Crippen molar-refractivity contribution in [2.75, 3.05) is 0 Å². The van der Waals surface area contributed by atoms with Crippen LogP contribution in [0.4, 0.5) is 0 Å². The molecule has 0 amide bonds. The summed E-state index contributed by atoms with van der Waals surface area (Å²) >= 11 is 0. The van der Waals surface area contributed by atoms with Crippen LogP contribution in [-0.4, -0.2) is 0 Å². The predicted molar refractivity (Wildman–Crippen MR) is 298 cm³/mol. The molecule has 0 unspecified atom stereocenters. The van der Waals surface area contributed by atoms with Gasteiger partial charge in [0.2, 0.25) is 0 Å². The zero-order valence-corrected chi connectivity index (χ0v) is 46.1. The number of fused-ring (bicyclic) bond motifs is 8. The lowest BCUT2D eigenvalue weighted by Crippen LogP contribution is -2.18. The Labute approximate surface area is 418 Å². The van der Waals surface area contributed by atoms with Crippen molar-refractivity contribution in [2.24, 2.45) is 22.9 Å². The highest BCUT2D eigenvalue weighted by atomic mass is 14.6. The van der Waals surface area contributed by atoms with E-state index in [1.165, 1.54) is 22.3 Å². The zero-order chi connectivity index (χ0) is 49.7. The van der Waals surface area contributed by atoms with Crippen LogP contribution in [0.15, 0.2) is 0 Å². The molecule has 0 saturated heterocycles. The average Bonchev–Trinajstić information content (AvgIpc) is 3.36. The molecule has 8 N–H and O–H groups in total. The quantitative estimate of drug-likeness (QED) is 0.0898. The molecular weight excluding hydrogens is 825 g/mol. The Morgan fingerprint density at radius 2 is 0.309 bits per heavy atom. The smallest absolute Gasteiger partial charge is 0.0183 e. The molecule has 376 valence electrons. The van der Waals surface area contributed by atoms with Gasteiger partial charge in [-0.25, -0.2) is 0 Å². The van der Waals surface area contributed by atoms with Crippen molar-refractivity contribution in [1.82, 2.24) is 0 Å². The van der Waals surface area contributed by atoms with Gasteiger partial charge < -0.3 is 22.9 Å². The van der Waals surface area contributed by atoms with Gasteiger partial charge in [0.05, 0.1) is 0 Å². The zero-order valence-electron chi connectivity index (χ0n) is 46.1. The van der Waals surface area contributed by atoms with E-state index in [0.717, 1.165) is 154 Å². The van der Waals surface area contributed by atoms with E-state index < -0.39 is 0 Å². The maximum Gasteiger partial charge on any atom is 0.0183 e. The molecule has 4 aromatic rings. The molecule has 0 heterocycles. The summed E-state index contributed by atoms with van der Waals surface area (Å²) < 4.78 is 0. The number of rotatable bonds is 16. The molecule has 1 aliphatic rings. The third-order valence-corrected chi connectivity index (χ3v) is 17.2. The molecule has 0 saturated carbocycles. The lowest BCUT2D eigenvalue weighted by atomic mass is 9.77. The van der Waals surface area contributed by atoms with Gasteiger partial charge in [0.25, 0.3) is 0 Å². The minimum Gasteiger partial charge on any atom is -0.326 e. The van der Waals surface area contributed by atoms with Crippen LogP contribution in [0.3, 0.4) is 0 Å². The minimum absolute atomic E-state index is 0.621. The van der Waals surface area contributed by atoms with Crippen molar-refractivity contribution in [2.45, 2.75) is 263 Å². The number of nitrogens with two attached hydrogens (primary N) is 4. The molecular formula is C64H100N4. The van der Waals surface area contributed by atoms with Crippen molar-refractivity contribution in [1.29, 1.82) is 0 Å². The van der Waals surface area contributed by atoms with Crippen LogP contribution in [-0.2, 0) is 155 Å². The second-order valence-corrected chi connectivity index (χ2v) is 20.0. The van der Waals surface area contributed by atoms with Crippen molar-refractivity contribution < 1.29 is 0 Å². The number of hydrogen-bond acceptors (Lipinski definition) is 4. The van der Waals surface area contributed by atoms with Gasteiger partial charge in [0.1, 0.15) is 0 Å². The summed E-state index contributed by atoms with van der Waals surface area (Å²) in [7, 11) is 0. The first-order chi connectivity index (χ1) is 33.1. The van der Waals surface area contributed by atoms with E-state index in [-0.39, 0.29) is 0 Å². The molecule has 5 rings (SSSR count). The van der Waals surface area contributed by atoms with E-state index in [1.807, 2.05) is 0 Å². The topological polar surface area (TPSA) is 104 Å². The molecule has 4 aromatic carbocycles. The normalized spacial score (nSPS) is 14.1. The highest BCUT2D eigenvalue weighted by Gasteiger charge is 2.27. The fourth-order valence-electron chi connectivity index (χ4n) is 14.7. The summed E-state index contributed by atoms with van der Waals surface area (Å²) in [6, 6.07) is 0. The Kier molecular flexibility index (Phi) is 21.9. The van der Waals surface area contributed by atoms with Gasteiger partial charge in [-0.15, -0.1) is 0 Å². The number of hydrogen-bond donors (Lipinski definition) is 4. The molecule has 1 aliphatic carbocycles. The molecule has 0 fully saturated rings. The van der Waals surface area contributed by atoms with E-state index in [0.29, 0.717) is 26.2 Å². The SMILES string of the molecule is CCc1c(CN)c(CC)c2c(CC)c1CCCc1c(CC)c(CN)c(CC)c(c1CC)CCCc1c(CC)c(CN)c(CC)c(c1CC)CCCc1c(CC)c(CN)c(CC)c(c1CC)CCC2. The van der Waals surface area contributed by atoms with Crippen LogP contribution < -0.4 is 22.9 Å². The van der Waals surface area contributed by atoms with Crippen LogP contribution in [0.5, 0.6) is 0 Å². The van der Waals surface area contributed by atoms with Crippen molar-refractivity contribution in [3.63, 3.8) is 0 Å². The van der Waals surface area contributed by atoms with Gasteiger partial charge in [-0.2, -0.15) is 0 Å². The summed E-state index contributed by atoms with van der Waals surface area (Å²) in [5.74, 6) is 0. The standard InChI is InChI=1S/C64H100N4/c1-13-41-53-29-25-31-55-42(14-2)57(49(21-9)62(38-66)47(55)19-7)33-27-35-59-44(16-4)60(52(24-12)64(40-68)51(59)23-11)36-28-34-58-43(15-3)56(48(20-8)63(39-67)50(58)22-10)32-26-30-54(41)46(18-6)61(37-65)45(53)17-5/h13-40,65-68H2,1-12H3. The van der Waals surface area contributed by atoms with Crippen LogP contribution >= 0.6 is 0 Å². The fourth-order valence-corrected chi connectivity index (χ4v) is 14.7. The largest absolute Gasteiger partial charge is 0.326 e. The monoisotopic (exact) mass is 925 g/mol. The van der Waals surface area contributed by atoms with E-state index >= 15 is 0 Å². The van der Waals surface area contributed by atoms with E-state index in [1.54, 1.807) is 111 Å². The molecule has 4 heteroatoms. The first-order valence-electron chi connectivity index (χ1n) is 28.6. The van der Waals surface area contributed by atoms with Gasteiger partial charge in [-0.1, -0.05) is 83.1 Å². The molecule has 68 heavy (non-hydrogen) atoms. The van der Waals surface area contributed by atoms with Crippen molar-refractivity contribution >= 4 is 0 Å². The van der Waals surface area contributed by atoms with E-state index in [2.05, 4.69) is 83.1 Å². The fraction of sp³-hybridized carbons (Fsp3) is 0.625. The van der Waals surface area contributed by atoms with Gasteiger partial charge in [-0.05, 0) is 288 Å². The summed E-state index contributed by atoms with van der Waals surface area (Å²) in [6.07, 6.45) is 26.0. The van der Waals surface area contributed by atoms with E-state index in [4.69, 9.17) is 22.9 Å². The molecule has 0 atom stereocenters. The maximum absolute atomic E-state index is 6.82. The third-order valence-electron chi connectivity index (χ3n) is 17.2. The van der Waals surface area contributed by atoms with Crippen LogP contribution in [0.25, 0.3) is 0 Å². The van der Waals surface area contributed by atoms with Crippen molar-refractivity contribution in [3.05, 3.63) is 134 Å². The van der Waals surface area contributed by atoms with Crippen LogP contribution in [0, 0.1) is 0 Å². The Hall–Kier alpha value is -3.28. The second-order valence-electron chi connectivity index (χ2n) is 20.0. The van der Waals surface area contributed by atoms with Crippen LogP contribution in [0.2, 0.25) is 0 Å². The molecule has 0 spiro atoms. The summed E-state index contributed by atoms with van der Waals surface area (Å²) in [5, 5.41) is 0. The third kappa shape index (κ3) is 10.8. The average molecular weight is 926 g/mol. The summed E-state index contributed by atoms with van der Waals surface area (Å²) in [5.41, 5.74) is 64.8. The molecule has 0 radical (unpaired) electrons. The minimum atomic E-state index is 0.621. The molecule has 0 aromatic heterocycles. The van der Waals surface area contributed by atoms with Gasteiger partial charge in [0.15, 0.2) is 0 Å². The van der Waals surface area contributed by atoms with Crippen LogP contribution in [0.1, 0.15) is 242 Å². The summed E-state index contributed by atoms with van der Waals surface area (Å²) in [6.45, 7) is 31.1. The summed E-state index contributed by atoms with van der Waals surface area (Å²) in [4.78, 5) is 0. The Balaban J connectivity index is 1.81. The number of benzene rings is 4. The lowest BCUT2D eigenvalue weighted by Gasteiger charge is -2.29. The lowest BCUT2D eigenvalue weighted by molar-refractivity contribution is 0.726. The molecule has 4 nitrogen and oxygen atoms in total. The van der Waals surface area contributed by atoms with Crippen molar-refractivity contribution in [3.8, 4) is 0 Å². The van der Waals surface area contributed by atoms with Gasteiger partial charge in [0, 0.05) is 26.2 Å². The predicted octanol–water partition coefficient (Wildman–Crippen LogP) is 13.3. The highest BCUT2D eigenvalue weighted by Crippen LogP contribution is 2.39. The second kappa shape index (κ2) is 26.8. The maximum atomic E-state index is 6.82. The Morgan fingerprint density at radius 3 is 0.397 bits per heavy atom. The highest BCUT2D eigenvalue weighted by molar-refractivity contribution is 5.57. The first kappa shape index (κ1) is 55.6. The Bertz CT molecular complexity index is 1870.